The second-order valence-corrected chi connectivity index (χ2v) is 9.05. The zero-order valence-electron chi connectivity index (χ0n) is 18.4. The average Bonchev–Trinajstić information content (AvgIpc) is 3.29. The summed E-state index contributed by atoms with van der Waals surface area (Å²) in [6.07, 6.45) is 4.61. The maximum Gasteiger partial charge on any atom is 0.283 e. The molecule has 1 N–H and O–H groups in total. The number of fused-ring (bicyclic) bond motifs is 1. The van der Waals surface area contributed by atoms with Crippen molar-refractivity contribution in [1.29, 1.82) is 5.41 Å². The number of hydrogen-bond donors (Lipinski definition) is 1. The molecule has 1 aromatic carbocycles. The van der Waals surface area contributed by atoms with E-state index in [0.29, 0.717) is 15.9 Å². The second kappa shape index (κ2) is 8.96. The van der Waals surface area contributed by atoms with Crippen molar-refractivity contribution in [3.63, 3.8) is 0 Å². The third kappa shape index (κ3) is 4.00. The minimum Gasteiger partial charge on any atom is -0.495 e. The standard InChI is InChI=1S/C23H24ClN5O2S/c1-5-6-7-20-27-29-21(25)17(22(30)26-23(29)32-20)11-15-10-13(2)28(14(15)3)16-8-9-19(31-4)18(24)12-16/h8-12,25H,5-7H2,1-4H3. The van der Waals surface area contributed by atoms with Gasteiger partial charge in [0.2, 0.25) is 5.17 Å². The topological polar surface area (TPSA) is 83.0 Å². The van der Waals surface area contributed by atoms with Crippen LogP contribution in [0.3, 0.4) is 0 Å². The lowest BCUT2D eigenvalue weighted by Gasteiger charge is -2.20. The lowest BCUT2D eigenvalue weighted by atomic mass is 10.1. The fourth-order valence-electron chi connectivity index (χ4n) is 3.74. The number of halogens is 1. The van der Waals surface area contributed by atoms with Gasteiger partial charge < -0.3 is 9.30 Å². The number of amides is 1. The molecule has 0 fully saturated rings. The number of amidine groups is 2. The Morgan fingerprint density at radius 3 is 2.75 bits per heavy atom. The maximum atomic E-state index is 12.7. The summed E-state index contributed by atoms with van der Waals surface area (Å²) >= 11 is 7.69. The Hall–Kier alpha value is -2.84. The molecular weight excluding hydrogens is 446 g/mol. The number of thioether (sulfide) groups is 1. The van der Waals surface area contributed by atoms with Crippen LogP contribution in [0.5, 0.6) is 5.75 Å². The van der Waals surface area contributed by atoms with Crippen molar-refractivity contribution in [3.05, 3.63) is 51.8 Å². The third-order valence-corrected chi connectivity index (χ3v) is 6.67. The Bertz CT molecular complexity index is 1210. The van der Waals surface area contributed by atoms with Gasteiger partial charge in [0.05, 0.1) is 17.7 Å². The highest BCUT2D eigenvalue weighted by Gasteiger charge is 2.35. The molecule has 2 aliphatic heterocycles. The minimum absolute atomic E-state index is 0.0521. The zero-order chi connectivity index (χ0) is 23.0. The van der Waals surface area contributed by atoms with Gasteiger partial charge in [0, 0.05) is 17.1 Å². The second-order valence-electron chi connectivity index (χ2n) is 7.60. The summed E-state index contributed by atoms with van der Waals surface area (Å²) in [5.74, 6) is 0.242. The van der Waals surface area contributed by atoms with Crippen LogP contribution in [0.1, 0.15) is 43.1 Å². The number of aliphatic imine (C=N–C) groups is 1. The summed E-state index contributed by atoms with van der Waals surface area (Å²) in [5, 5.41) is 16.4. The largest absolute Gasteiger partial charge is 0.495 e. The van der Waals surface area contributed by atoms with Gasteiger partial charge in [0.25, 0.3) is 5.91 Å². The smallest absolute Gasteiger partial charge is 0.283 e. The van der Waals surface area contributed by atoms with Crippen molar-refractivity contribution in [1.82, 2.24) is 9.58 Å². The maximum absolute atomic E-state index is 12.7. The fourth-order valence-corrected chi connectivity index (χ4v) is 4.92. The van der Waals surface area contributed by atoms with E-state index in [1.54, 1.807) is 13.2 Å². The van der Waals surface area contributed by atoms with E-state index in [1.807, 2.05) is 38.1 Å². The monoisotopic (exact) mass is 469 g/mol. The predicted octanol–water partition coefficient (Wildman–Crippen LogP) is 5.57. The van der Waals surface area contributed by atoms with Gasteiger partial charge in [-0.05, 0) is 74.4 Å². The highest BCUT2D eigenvalue weighted by atomic mass is 35.5. The molecule has 0 saturated heterocycles. The first-order valence-corrected chi connectivity index (χ1v) is 11.6. The molecule has 0 bridgehead atoms. The van der Waals surface area contributed by atoms with Crippen molar-refractivity contribution in [2.24, 2.45) is 10.1 Å². The van der Waals surface area contributed by atoms with Crippen LogP contribution >= 0.6 is 23.4 Å². The van der Waals surface area contributed by atoms with E-state index in [4.69, 9.17) is 21.7 Å². The van der Waals surface area contributed by atoms with Gasteiger partial charge in [-0.15, -0.1) is 0 Å². The van der Waals surface area contributed by atoms with Crippen LogP contribution in [0.4, 0.5) is 0 Å². The zero-order valence-corrected chi connectivity index (χ0v) is 20.0. The van der Waals surface area contributed by atoms with Crippen LogP contribution < -0.4 is 4.74 Å². The highest BCUT2D eigenvalue weighted by molar-refractivity contribution is 8.26. The van der Waals surface area contributed by atoms with Gasteiger partial charge in [-0.3, -0.25) is 10.2 Å². The predicted molar refractivity (Wildman–Crippen MR) is 131 cm³/mol. The van der Waals surface area contributed by atoms with E-state index in [-0.39, 0.29) is 11.4 Å². The quantitative estimate of drug-likeness (QED) is 0.561. The number of methoxy groups -OCH3 is 1. The van der Waals surface area contributed by atoms with Crippen LogP contribution in [-0.4, -0.2) is 38.6 Å². The summed E-state index contributed by atoms with van der Waals surface area (Å²) in [4.78, 5) is 16.9. The number of rotatable bonds is 6. The Kier molecular flexibility index (Phi) is 6.26. The number of hydrazone groups is 1. The number of aromatic nitrogens is 1. The van der Waals surface area contributed by atoms with Crippen LogP contribution in [0, 0.1) is 19.3 Å². The van der Waals surface area contributed by atoms with E-state index in [0.717, 1.165) is 46.9 Å². The number of nitrogens with one attached hydrogen (secondary N) is 1. The Labute approximate surface area is 196 Å². The van der Waals surface area contributed by atoms with E-state index in [1.165, 1.54) is 16.8 Å². The van der Waals surface area contributed by atoms with Gasteiger partial charge in [0.15, 0.2) is 5.84 Å². The molecule has 2 aromatic rings. The van der Waals surface area contributed by atoms with Gasteiger partial charge in [0.1, 0.15) is 10.8 Å². The third-order valence-electron chi connectivity index (χ3n) is 5.40. The molecule has 3 heterocycles. The van der Waals surface area contributed by atoms with Gasteiger partial charge in [-0.2, -0.15) is 15.1 Å². The van der Waals surface area contributed by atoms with Crippen molar-refractivity contribution in [2.45, 2.75) is 40.0 Å². The number of ether oxygens (including phenoxy) is 1. The summed E-state index contributed by atoms with van der Waals surface area (Å²) < 4.78 is 7.30. The molecule has 2 aliphatic rings. The molecule has 32 heavy (non-hydrogen) atoms. The number of hydrogen-bond acceptors (Lipinski definition) is 5. The van der Waals surface area contributed by atoms with E-state index >= 15 is 0 Å². The van der Waals surface area contributed by atoms with E-state index in [2.05, 4.69) is 21.6 Å². The van der Waals surface area contributed by atoms with E-state index in [9.17, 15) is 4.79 Å². The van der Waals surface area contributed by atoms with Gasteiger partial charge >= 0.3 is 0 Å². The summed E-state index contributed by atoms with van der Waals surface area (Å²) in [6.45, 7) is 6.07. The molecule has 0 radical (unpaired) electrons. The van der Waals surface area contributed by atoms with Crippen LogP contribution in [-0.2, 0) is 4.79 Å². The fraction of sp³-hybridized carbons (Fsp3) is 0.304. The Morgan fingerprint density at radius 2 is 2.06 bits per heavy atom. The molecule has 9 heteroatoms. The van der Waals surface area contributed by atoms with Crippen LogP contribution in [0.2, 0.25) is 5.02 Å². The first-order chi connectivity index (χ1) is 15.3. The van der Waals surface area contributed by atoms with Crippen LogP contribution in [0.25, 0.3) is 11.8 Å². The summed E-state index contributed by atoms with van der Waals surface area (Å²) in [6, 6.07) is 7.58. The lowest BCUT2D eigenvalue weighted by molar-refractivity contribution is -0.114. The number of nitrogens with zero attached hydrogens (tertiary/aromatic N) is 4. The number of carbonyl (C=O) groups excluding carboxylic acids is 1. The highest BCUT2D eigenvalue weighted by Crippen LogP contribution is 2.32. The van der Waals surface area contributed by atoms with Crippen molar-refractivity contribution in [2.75, 3.05) is 7.11 Å². The molecule has 1 aromatic heterocycles. The lowest BCUT2D eigenvalue weighted by Crippen LogP contribution is -2.35. The van der Waals surface area contributed by atoms with Crippen molar-refractivity contribution >= 4 is 51.4 Å². The molecule has 0 atom stereocenters. The van der Waals surface area contributed by atoms with Crippen molar-refractivity contribution < 1.29 is 9.53 Å². The Balaban J connectivity index is 1.69. The first kappa shape index (κ1) is 22.4. The number of benzene rings is 1. The minimum atomic E-state index is -0.419. The number of aryl methyl sites for hydroxylation is 1. The van der Waals surface area contributed by atoms with Gasteiger partial charge in [-0.25, -0.2) is 0 Å². The molecule has 1 amide bonds. The molecule has 7 nitrogen and oxygen atoms in total. The van der Waals surface area contributed by atoms with E-state index < -0.39 is 5.91 Å². The molecule has 166 valence electrons. The molecular formula is C23H24ClN5O2S. The average molecular weight is 470 g/mol. The first-order valence-electron chi connectivity index (χ1n) is 10.4. The normalized spacial score (nSPS) is 17.0. The van der Waals surface area contributed by atoms with Crippen molar-refractivity contribution in [3.8, 4) is 11.4 Å². The molecule has 0 spiro atoms. The Morgan fingerprint density at radius 1 is 1.28 bits per heavy atom. The SMILES string of the molecule is CCCCC1=NN2C(=N)C(=Cc3cc(C)n(-c4ccc(OC)c(Cl)c4)c3C)C(=O)N=C2S1. The molecule has 0 aliphatic carbocycles. The molecule has 0 unspecified atom stereocenters. The summed E-state index contributed by atoms with van der Waals surface area (Å²) in [7, 11) is 1.58. The summed E-state index contributed by atoms with van der Waals surface area (Å²) in [5.41, 5.74) is 3.86. The molecule has 0 saturated carbocycles. The van der Waals surface area contributed by atoms with Crippen LogP contribution in [0.15, 0.2) is 39.9 Å². The molecule has 4 rings (SSSR count). The number of unbranched alkanes of at least 4 members (excludes halogenated alkanes) is 1. The van der Waals surface area contributed by atoms with Gasteiger partial charge in [-0.1, -0.05) is 24.9 Å². The number of carbonyl (C=O) groups is 1.